The third kappa shape index (κ3) is 3.35. The molecule has 0 aromatic rings. The summed E-state index contributed by atoms with van der Waals surface area (Å²) in [6.45, 7) is 4.46. The molecule has 0 bridgehead atoms. The Kier molecular flexibility index (Phi) is 4.35. The van der Waals surface area contributed by atoms with Crippen molar-refractivity contribution in [3.8, 4) is 0 Å². The van der Waals surface area contributed by atoms with Gasteiger partial charge < -0.3 is 19.3 Å². The van der Waals surface area contributed by atoms with Gasteiger partial charge in [0.1, 0.15) is 0 Å². The van der Waals surface area contributed by atoms with Crippen LogP contribution in [0.5, 0.6) is 0 Å². The lowest BCUT2D eigenvalue weighted by atomic mass is 10.0. The molecule has 15 heavy (non-hydrogen) atoms. The van der Waals surface area contributed by atoms with Crippen molar-refractivity contribution in [1.82, 2.24) is 0 Å². The highest BCUT2D eigenvalue weighted by atomic mass is 16.7. The van der Waals surface area contributed by atoms with E-state index in [0.29, 0.717) is 6.42 Å². The van der Waals surface area contributed by atoms with Gasteiger partial charge in [0.05, 0.1) is 13.2 Å². The van der Waals surface area contributed by atoms with Gasteiger partial charge in [-0.15, -0.1) is 0 Å². The van der Waals surface area contributed by atoms with E-state index in [1.165, 1.54) is 0 Å². The van der Waals surface area contributed by atoms with Gasteiger partial charge in [0.2, 0.25) is 0 Å². The molecule has 0 amide bonds. The number of rotatable bonds is 4. The van der Waals surface area contributed by atoms with Crippen molar-refractivity contribution >= 4 is 6.16 Å². The summed E-state index contributed by atoms with van der Waals surface area (Å²) in [6, 6.07) is 0. The van der Waals surface area contributed by atoms with Crippen molar-refractivity contribution in [2.24, 2.45) is 0 Å². The van der Waals surface area contributed by atoms with Gasteiger partial charge in [0.25, 0.3) is 0 Å². The Morgan fingerprint density at radius 1 is 1.47 bits per heavy atom. The molecule has 0 spiro atoms. The molecule has 1 saturated heterocycles. The smallest absolute Gasteiger partial charge is 0.450 e. The predicted molar refractivity (Wildman–Crippen MR) is 52.7 cm³/mol. The standard InChI is InChI=1S/C10H18O5/c1-3-5-8-13-6-10(4-2,7-14-8)15-9(11)12/h8H,3-7H2,1-2H3,(H,11,12). The minimum absolute atomic E-state index is 0.216. The largest absolute Gasteiger partial charge is 0.506 e. The number of carboxylic acid groups (broad SMARTS) is 1. The predicted octanol–water partition coefficient (Wildman–Crippen LogP) is 2.00. The summed E-state index contributed by atoms with van der Waals surface area (Å²) in [5, 5.41) is 8.60. The van der Waals surface area contributed by atoms with E-state index in [-0.39, 0.29) is 19.5 Å². The van der Waals surface area contributed by atoms with Gasteiger partial charge in [-0.2, -0.15) is 0 Å². The molecule has 0 unspecified atom stereocenters. The van der Waals surface area contributed by atoms with E-state index in [0.717, 1.165) is 12.8 Å². The van der Waals surface area contributed by atoms with Crippen LogP contribution in [-0.2, 0) is 14.2 Å². The monoisotopic (exact) mass is 218 g/mol. The molecule has 0 aromatic heterocycles. The number of carbonyl (C=O) groups is 1. The second kappa shape index (κ2) is 5.32. The first-order valence-corrected chi connectivity index (χ1v) is 5.27. The zero-order valence-corrected chi connectivity index (χ0v) is 9.19. The number of hydrogen-bond donors (Lipinski definition) is 1. The van der Waals surface area contributed by atoms with Crippen LogP contribution in [0.3, 0.4) is 0 Å². The Labute approximate surface area is 89.3 Å². The second-order valence-electron chi connectivity index (χ2n) is 3.74. The fraction of sp³-hybridized carbons (Fsp3) is 0.900. The first-order valence-electron chi connectivity index (χ1n) is 5.27. The van der Waals surface area contributed by atoms with Gasteiger partial charge in [-0.05, 0) is 12.8 Å². The van der Waals surface area contributed by atoms with Crippen molar-refractivity contribution < 1.29 is 24.1 Å². The van der Waals surface area contributed by atoms with Gasteiger partial charge in [-0.25, -0.2) is 4.79 Å². The molecular formula is C10H18O5. The van der Waals surface area contributed by atoms with Crippen molar-refractivity contribution in [2.45, 2.75) is 45.0 Å². The molecule has 5 nitrogen and oxygen atoms in total. The van der Waals surface area contributed by atoms with Crippen molar-refractivity contribution in [3.05, 3.63) is 0 Å². The SMILES string of the molecule is CCCC1OCC(CC)(OC(=O)O)CO1. The Morgan fingerprint density at radius 2 is 2.07 bits per heavy atom. The molecule has 5 heteroatoms. The van der Waals surface area contributed by atoms with Crippen LogP contribution in [0, 0.1) is 0 Å². The Morgan fingerprint density at radius 3 is 2.47 bits per heavy atom. The molecule has 1 rings (SSSR count). The zero-order chi connectivity index (χ0) is 11.3. The summed E-state index contributed by atoms with van der Waals surface area (Å²) in [5.41, 5.74) is -0.823. The highest BCUT2D eigenvalue weighted by Gasteiger charge is 2.39. The summed E-state index contributed by atoms with van der Waals surface area (Å²) in [5.74, 6) is 0. The van der Waals surface area contributed by atoms with Crippen LogP contribution in [0.15, 0.2) is 0 Å². The third-order valence-corrected chi connectivity index (χ3v) is 2.54. The fourth-order valence-electron chi connectivity index (χ4n) is 1.50. The average Bonchev–Trinajstić information content (AvgIpc) is 2.21. The Balaban J connectivity index is 2.47. The molecule has 1 N–H and O–H groups in total. The zero-order valence-electron chi connectivity index (χ0n) is 9.19. The minimum atomic E-state index is -1.28. The van der Waals surface area contributed by atoms with E-state index in [1.54, 1.807) is 0 Å². The summed E-state index contributed by atoms with van der Waals surface area (Å²) < 4.78 is 15.7. The van der Waals surface area contributed by atoms with Crippen LogP contribution < -0.4 is 0 Å². The summed E-state index contributed by atoms with van der Waals surface area (Å²) >= 11 is 0. The molecule has 0 saturated carbocycles. The number of hydrogen-bond acceptors (Lipinski definition) is 4. The topological polar surface area (TPSA) is 65.0 Å². The maximum Gasteiger partial charge on any atom is 0.506 e. The molecule has 88 valence electrons. The van der Waals surface area contributed by atoms with Crippen LogP contribution in [0.25, 0.3) is 0 Å². The normalized spacial score (nSPS) is 31.2. The Bertz CT molecular complexity index is 208. The van der Waals surface area contributed by atoms with Gasteiger partial charge in [-0.3, -0.25) is 0 Å². The molecule has 1 fully saturated rings. The first-order chi connectivity index (χ1) is 7.12. The molecular weight excluding hydrogens is 200 g/mol. The number of ether oxygens (including phenoxy) is 3. The third-order valence-electron chi connectivity index (χ3n) is 2.54. The van der Waals surface area contributed by atoms with Crippen LogP contribution in [0.1, 0.15) is 33.1 Å². The molecule has 1 aliphatic rings. The van der Waals surface area contributed by atoms with Crippen LogP contribution >= 0.6 is 0 Å². The van der Waals surface area contributed by atoms with Gasteiger partial charge in [-0.1, -0.05) is 20.3 Å². The molecule has 1 aliphatic heterocycles. The van der Waals surface area contributed by atoms with Crippen LogP contribution in [0.2, 0.25) is 0 Å². The van der Waals surface area contributed by atoms with E-state index in [1.807, 2.05) is 13.8 Å². The van der Waals surface area contributed by atoms with E-state index in [9.17, 15) is 4.79 Å². The van der Waals surface area contributed by atoms with Gasteiger partial charge in [0.15, 0.2) is 11.9 Å². The lowest BCUT2D eigenvalue weighted by Crippen LogP contribution is -2.49. The summed E-state index contributed by atoms with van der Waals surface area (Å²) in [7, 11) is 0. The minimum Gasteiger partial charge on any atom is -0.450 e. The van der Waals surface area contributed by atoms with Gasteiger partial charge in [0, 0.05) is 0 Å². The molecule has 0 atom stereocenters. The molecule has 1 heterocycles. The highest BCUT2D eigenvalue weighted by molar-refractivity contribution is 5.57. The highest BCUT2D eigenvalue weighted by Crippen LogP contribution is 2.25. The molecule has 0 radical (unpaired) electrons. The van der Waals surface area contributed by atoms with Crippen molar-refractivity contribution in [1.29, 1.82) is 0 Å². The van der Waals surface area contributed by atoms with E-state index in [4.69, 9.17) is 19.3 Å². The van der Waals surface area contributed by atoms with Crippen molar-refractivity contribution in [3.63, 3.8) is 0 Å². The second-order valence-corrected chi connectivity index (χ2v) is 3.74. The van der Waals surface area contributed by atoms with E-state index < -0.39 is 11.8 Å². The van der Waals surface area contributed by atoms with E-state index in [2.05, 4.69) is 0 Å². The van der Waals surface area contributed by atoms with Crippen LogP contribution in [-0.4, -0.2) is 36.4 Å². The molecule has 0 aliphatic carbocycles. The quantitative estimate of drug-likeness (QED) is 0.731. The van der Waals surface area contributed by atoms with E-state index >= 15 is 0 Å². The Hall–Kier alpha value is -0.810. The summed E-state index contributed by atoms with van der Waals surface area (Å²) in [6.07, 6.45) is 0.860. The average molecular weight is 218 g/mol. The van der Waals surface area contributed by atoms with Crippen LogP contribution in [0.4, 0.5) is 4.79 Å². The maximum absolute atomic E-state index is 10.5. The first kappa shape index (κ1) is 12.3. The van der Waals surface area contributed by atoms with Gasteiger partial charge >= 0.3 is 6.16 Å². The lowest BCUT2D eigenvalue weighted by molar-refractivity contribution is -0.256. The molecule has 0 aromatic carbocycles. The van der Waals surface area contributed by atoms with Crippen molar-refractivity contribution in [2.75, 3.05) is 13.2 Å². The fourth-order valence-corrected chi connectivity index (χ4v) is 1.50. The lowest BCUT2D eigenvalue weighted by Gasteiger charge is -2.37. The summed E-state index contributed by atoms with van der Waals surface area (Å²) in [4.78, 5) is 10.5. The maximum atomic E-state index is 10.5.